The minimum absolute atomic E-state index is 0.0470. The molecule has 96 valence electrons. The van der Waals surface area contributed by atoms with E-state index in [0.29, 0.717) is 6.42 Å². The van der Waals surface area contributed by atoms with Crippen LogP contribution in [0.2, 0.25) is 5.15 Å². The summed E-state index contributed by atoms with van der Waals surface area (Å²) in [5, 5.41) is 11.2. The molecule has 0 bridgehead atoms. The van der Waals surface area contributed by atoms with Crippen LogP contribution in [0.5, 0.6) is 0 Å². The molecule has 1 atom stereocenters. The fourth-order valence-electron chi connectivity index (χ4n) is 1.25. The molecule has 0 aromatic carbocycles. The Bertz CT molecular complexity index is 384. The van der Waals surface area contributed by atoms with Gasteiger partial charge in [-0.3, -0.25) is 0 Å². The van der Waals surface area contributed by atoms with Gasteiger partial charge in [-0.05, 0) is 25.5 Å². The maximum absolute atomic E-state index is 12.5. The number of rotatable bonds is 4. The fourth-order valence-corrected chi connectivity index (χ4v) is 1.46. The number of aliphatic hydroxyl groups excluding tert-OH is 1. The lowest BCUT2D eigenvalue weighted by atomic mass is 10.2. The smallest absolute Gasteiger partial charge is 0.396 e. The minimum Gasteiger partial charge on any atom is -0.396 e. The molecule has 0 amide bonds. The van der Waals surface area contributed by atoms with E-state index in [1.54, 1.807) is 6.92 Å². The highest BCUT2D eigenvalue weighted by Crippen LogP contribution is 2.32. The third-order valence-corrected chi connectivity index (χ3v) is 2.27. The highest BCUT2D eigenvalue weighted by molar-refractivity contribution is 6.29. The lowest BCUT2D eigenvalue weighted by molar-refractivity contribution is -0.137. The lowest BCUT2D eigenvalue weighted by Gasteiger charge is -2.15. The number of hydrogen-bond donors (Lipinski definition) is 2. The average Bonchev–Trinajstić information content (AvgIpc) is 2.15. The highest BCUT2D eigenvalue weighted by Gasteiger charge is 2.31. The molecule has 3 nitrogen and oxygen atoms in total. The third-order valence-electron chi connectivity index (χ3n) is 2.08. The van der Waals surface area contributed by atoms with Gasteiger partial charge in [-0.1, -0.05) is 11.6 Å². The van der Waals surface area contributed by atoms with Crippen molar-refractivity contribution in [1.29, 1.82) is 0 Å². The zero-order chi connectivity index (χ0) is 13.1. The molecular formula is C10H12ClF3N2O. The van der Waals surface area contributed by atoms with Gasteiger partial charge in [0.2, 0.25) is 0 Å². The molecule has 7 heteroatoms. The van der Waals surface area contributed by atoms with E-state index in [4.69, 9.17) is 16.7 Å². The first-order valence-corrected chi connectivity index (χ1v) is 5.33. The van der Waals surface area contributed by atoms with Gasteiger partial charge in [0.1, 0.15) is 11.0 Å². The Morgan fingerprint density at radius 1 is 1.47 bits per heavy atom. The molecule has 0 aliphatic rings. The summed E-state index contributed by atoms with van der Waals surface area (Å²) >= 11 is 5.52. The quantitative estimate of drug-likeness (QED) is 0.826. The summed E-state index contributed by atoms with van der Waals surface area (Å²) in [6, 6.07) is 1.47. The van der Waals surface area contributed by atoms with Gasteiger partial charge in [0.25, 0.3) is 0 Å². The second kappa shape index (κ2) is 5.55. The first-order valence-electron chi connectivity index (χ1n) is 4.95. The van der Waals surface area contributed by atoms with Crippen molar-refractivity contribution in [1.82, 2.24) is 4.98 Å². The highest BCUT2D eigenvalue weighted by atomic mass is 35.5. The molecule has 1 unspecified atom stereocenters. The van der Waals surface area contributed by atoms with Gasteiger partial charge in [-0.25, -0.2) is 4.98 Å². The van der Waals surface area contributed by atoms with Gasteiger partial charge >= 0.3 is 6.18 Å². The van der Waals surface area contributed by atoms with E-state index in [-0.39, 0.29) is 23.6 Å². The van der Waals surface area contributed by atoms with E-state index in [1.165, 1.54) is 0 Å². The zero-order valence-corrected chi connectivity index (χ0v) is 9.81. The average molecular weight is 269 g/mol. The van der Waals surface area contributed by atoms with Crippen molar-refractivity contribution in [2.45, 2.75) is 25.6 Å². The molecule has 0 saturated carbocycles. The van der Waals surface area contributed by atoms with Gasteiger partial charge in [0.15, 0.2) is 0 Å². The molecule has 1 aromatic heterocycles. The van der Waals surface area contributed by atoms with Gasteiger partial charge in [-0.15, -0.1) is 0 Å². The molecule has 17 heavy (non-hydrogen) atoms. The van der Waals surface area contributed by atoms with Crippen LogP contribution in [0.4, 0.5) is 19.0 Å². The molecule has 0 radical (unpaired) electrons. The van der Waals surface area contributed by atoms with Crippen molar-refractivity contribution in [3.8, 4) is 0 Å². The number of aliphatic hydroxyl groups is 1. The van der Waals surface area contributed by atoms with Crippen molar-refractivity contribution in [2.24, 2.45) is 0 Å². The van der Waals surface area contributed by atoms with E-state index in [9.17, 15) is 13.2 Å². The molecule has 1 aromatic rings. The van der Waals surface area contributed by atoms with Crippen LogP contribution in [0.15, 0.2) is 12.1 Å². The predicted molar refractivity (Wildman–Crippen MR) is 59.0 cm³/mol. The molecule has 0 aliphatic heterocycles. The Kier molecular flexibility index (Phi) is 4.59. The number of alkyl halides is 3. The van der Waals surface area contributed by atoms with Crippen LogP contribution in [-0.4, -0.2) is 22.7 Å². The van der Waals surface area contributed by atoms with Crippen LogP contribution in [0.3, 0.4) is 0 Å². The maximum atomic E-state index is 12.5. The summed E-state index contributed by atoms with van der Waals surface area (Å²) in [5.74, 6) is 0.0470. The molecule has 0 aliphatic carbocycles. The van der Waals surface area contributed by atoms with Gasteiger partial charge in [0.05, 0.1) is 5.56 Å². The summed E-state index contributed by atoms with van der Waals surface area (Å²) in [5.41, 5.74) is -0.851. The van der Waals surface area contributed by atoms with E-state index in [1.807, 2.05) is 0 Å². The second-order valence-corrected chi connectivity index (χ2v) is 4.01. The van der Waals surface area contributed by atoms with E-state index >= 15 is 0 Å². The Balaban J connectivity index is 2.90. The largest absolute Gasteiger partial charge is 0.416 e. The molecule has 1 rings (SSSR count). The standard InChI is InChI=1S/C10H12ClF3N2O/c1-6(2-3-17)15-9-5-7(10(12,13)14)4-8(11)16-9/h4-6,17H,2-3H2,1H3,(H,15,16). The Morgan fingerprint density at radius 3 is 2.65 bits per heavy atom. The zero-order valence-electron chi connectivity index (χ0n) is 9.05. The lowest BCUT2D eigenvalue weighted by Crippen LogP contribution is -2.18. The van der Waals surface area contributed by atoms with Crippen LogP contribution in [-0.2, 0) is 6.18 Å². The third kappa shape index (κ3) is 4.40. The number of pyridine rings is 1. The van der Waals surface area contributed by atoms with Crippen molar-refractivity contribution in [2.75, 3.05) is 11.9 Å². The van der Waals surface area contributed by atoms with Crippen molar-refractivity contribution in [3.05, 3.63) is 22.8 Å². The molecular weight excluding hydrogens is 257 g/mol. The van der Waals surface area contributed by atoms with Crippen molar-refractivity contribution < 1.29 is 18.3 Å². The van der Waals surface area contributed by atoms with Crippen LogP contribution in [0.1, 0.15) is 18.9 Å². The topological polar surface area (TPSA) is 45.1 Å². The summed E-state index contributed by atoms with van der Waals surface area (Å²) in [6.07, 6.45) is -4.04. The van der Waals surface area contributed by atoms with Gasteiger partial charge < -0.3 is 10.4 Å². The van der Waals surface area contributed by atoms with Gasteiger partial charge in [0, 0.05) is 12.6 Å². The minimum atomic E-state index is -4.46. The van der Waals surface area contributed by atoms with Crippen LogP contribution < -0.4 is 5.32 Å². The van der Waals surface area contributed by atoms with Gasteiger partial charge in [-0.2, -0.15) is 13.2 Å². The van der Waals surface area contributed by atoms with E-state index in [0.717, 1.165) is 12.1 Å². The second-order valence-electron chi connectivity index (χ2n) is 3.62. The Labute approximate surface area is 102 Å². The fraction of sp³-hybridized carbons (Fsp3) is 0.500. The molecule has 0 spiro atoms. The number of anilines is 1. The van der Waals surface area contributed by atoms with E-state index in [2.05, 4.69) is 10.3 Å². The Hall–Kier alpha value is -1.01. The summed E-state index contributed by atoms with van der Waals surface area (Å²) < 4.78 is 37.4. The molecule has 1 heterocycles. The Morgan fingerprint density at radius 2 is 2.12 bits per heavy atom. The van der Waals surface area contributed by atoms with E-state index < -0.39 is 11.7 Å². The first-order chi connectivity index (χ1) is 7.82. The van der Waals surface area contributed by atoms with Crippen molar-refractivity contribution in [3.63, 3.8) is 0 Å². The van der Waals surface area contributed by atoms with Crippen molar-refractivity contribution >= 4 is 17.4 Å². The first kappa shape index (κ1) is 14.1. The summed E-state index contributed by atoms with van der Waals surface area (Å²) in [4.78, 5) is 3.74. The normalized spacial score (nSPS) is 13.5. The number of nitrogens with zero attached hydrogens (tertiary/aromatic N) is 1. The monoisotopic (exact) mass is 268 g/mol. The van der Waals surface area contributed by atoms with Crippen LogP contribution in [0.25, 0.3) is 0 Å². The number of halogens is 4. The summed E-state index contributed by atoms with van der Waals surface area (Å²) in [7, 11) is 0. The molecule has 0 fully saturated rings. The summed E-state index contributed by atoms with van der Waals surface area (Å²) in [6.45, 7) is 1.67. The number of aromatic nitrogens is 1. The number of nitrogens with one attached hydrogen (secondary N) is 1. The SMILES string of the molecule is CC(CCO)Nc1cc(C(F)(F)F)cc(Cl)n1. The van der Waals surface area contributed by atoms with Crippen LogP contribution >= 0.6 is 11.6 Å². The molecule has 0 saturated heterocycles. The number of hydrogen-bond acceptors (Lipinski definition) is 3. The molecule has 2 N–H and O–H groups in total. The predicted octanol–water partition coefficient (Wildman–Crippen LogP) is 2.94. The maximum Gasteiger partial charge on any atom is 0.416 e. The van der Waals surface area contributed by atoms with Crippen LogP contribution in [0, 0.1) is 0 Å².